The normalized spacial score (nSPS) is 9.94. The number of carbonyl (C=O) groups is 1. The van der Waals surface area contributed by atoms with Crippen molar-refractivity contribution >= 4 is 17.7 Å². The van der Waals surface area contributed by atoms with E-state index >= 15 is 0 Å². The third-order valence-corrected chi connectivity index (χ3v) is 2.31. The Morgan fingerprint density at radius 2 is 2.12 bits per heavy atom. The van der Waals surface area contributed by atoms with Crippen molar-refractivity contribution < 1.29 is 4.79 Å². The Labute approximate surface area is 101 Å². The first-order valence-corrected chi connectivity index (χ1v) is 5.17. The quantitative estimate of drug-likeness (QED) is 0.548. The number of likely N-dealkylation sites (N-methyl/N-ethyl adjacent to an activating group) is 2. The lowest BCUT2D eigenvalue weighted by Crippen LogP contribution is -2.35. The second-order valence-corrected chi connectivity index (χ2v) is 3.99. The van der Waals surface area contributed by atoms with E-state index in [1.165, 1.54) is 4.90 Å². The summed E-state index contributed by atoms with van der Waals surface area (Å²) in [6.45, 7) is 2.14. The van der Waals surface area contributed by atoms with Gasteiger partial charge in [-0.15, -0.1) is 0 Å². The smallest absolute Gasteiger partial charge is 0.241 e. The average Bonchev–Trinajstić information content (AvgIpc) is 2.29. The molecule has 0 atom stereocenters. The summed E-state index contributed by atoms with van der Waals surface area (Å²) in [4.78, 5) is 23.1. The van der Waals surface area contributed by atoms with Crippen LogP contribution in [0.1, 0.15) is 5.56 Å². The summed E-state index contributed by atoms with van der Waals surface area (Å²) < 4.78 is 0. The van der Waals surface area contributed by atoms with Gasteiger partial charge in [-0.05, 0) is 6.92 Å². The highest BCUT2D eigenvalue weighted by molar-refractivity contribution is 5.80. The van der Waals surface area contributed by atoms with Crippen molar-refractivity contribution in [2.24, 2.45) is 5.84 Å². The van der Waals surface area contributed by atoms with Crippen molar-refractivity contribution in [1.82, 2.24) is 14.9 Å². The molecule has 0 spiro atoms. The summed E-state index contributed by atoms with van der Waals surface area (Å²) in [6.07, 6.45) is 1.66. The second-order valence-electron chi connectivity index (χ2n) is 3.99. The molecule has 0 saturated heterocycles. The Hall–Kier alpha value is -1.89. The Bertz CT molecular complexity index is 406. The highest BCUT2D eigenvalue weighted by Gasteiger charge is 2.13. The van der Waals surface area contributed by atoms with Crippen LogP contribution in [0.5, 0.6) is 0 Å². The molecule has 0 aliphatic rings. The zero-order valence-electron chi connectivity index (χ0n) is 10.6. The molecule has 94 valence electrons. The first-order chi connectivity index (χ1) is 7.95. The van der Waals surface area contributed by atoms with Gasteiger partial charge in [0.25, 0.3) is 0 Å². The van der Waals surface area contributed by atoms with Crippen molar-refractivity contribution in [2.45, 2.75) is 6.92 Å². The number of nitrogen functional groups attached to an aromatic ring is 1. The van der Waals surface area contributed by atoms with E-state index in [1.807, 2.05) is 6.92 Å². The van der Waals surface area contributed by atoms with Gasteiger partial charge in [-0.1, -0.05) is 0 Å². The number of nitrogens with one attached hydrogen (secondary N) is 1. The molecule has 0 radical (unpaired) electrons. The van der Waals surface area contributed by atoms with Crippen LogP contribution in [-0.2, 0) is 4.79 Å². The largest absolute Gasteiger partial charge is 0.350 e. The molecule has 7 nitrogen and oxygen atoms in total. The van der Waals surface area contributed by atoms with Crippen LogP contribution < -0.4 is 16.2 Å². The maximum atomic E-state index is 11.6. The van der Waals surface area contributed by atoms with Crippen LogP contribution in [-0.4, -0.2) is 48.5 Å². The molecule has 1 aromatic heterocycles. The van der Waals surface area contributed by atoms with Gasteiger partial charge >= 0.3 is 0 Å². The molecule has 1 rings (SSSR count). The molecule has 7 heteroatoms. The number of carbonyl (C=O) groups excluding carboxylic acids is 1. The number of aryl methyl sites for hydroxylation is 1. The number of hydrogen-bond acceptors (Lipinski definition) is 6. The summed E-state index contributed by atoms with van der Waals surface area (Å²) >= 11 is 0. The van der Waals surface area contributed by atoms with Crippen molar-refractivity contribution in [1.29, 1.82) is 0 Å². The molecular formula is C10H18N6O. The van der Waals surface area contributed by atoms with Crippen molar-refractivity contribution in [3.05, 3.63) is 11.8 Å². The molecule has 0 fully saturated rings. The van der Waals surface area contributed by atoms with Crippen molar-refractivity contribution in [2.75, 3.05) is 38.0 Å². The molecule has 1 amide bonds. The number of nitrogens with zero attached hydrogens (tertiary/aromatic N) is 4. The Kier molecular flexibility index (Phi) is 4.22. The number of aromatic nitrogens is 2. The standard InChI is InChI=1S/C10H18N6O/c1-7-5-12-10(14-11)13-9(7)16(4)6-8(17)15(2)3/h5H,6,11H2,1-4H3,(H,12,13,14). The number of amides is 1. The topological polar surface area (TPSA) is 87.4 Å². The minimum atomic E-state index is 0.00719. The van der Waals surface area contributed by atoms with E-state index < -0.39 is 0 Å². The second kappa shape index (κ2) is 5.44. The van der Waals surface area contributed by atoms with Crippen molar-refractivity contribution in [3.8, 4) is 0 Å². The molecule has 0 bridgehead atoms. The lowest BCUT2D eigenvalue weighted by atomic mass is 10.3. The van der Waals surface area contributed by atoms with Crippen LogP contribution in [0.4, 0.5) is 11.8 Å². The van der Waals surface area contributed by atoms with E-state index in [4.69, 9.17) is 5.84 Å². The molecule has 0 aromatic carbocycles. The fourth-order valence-electron chi connectivity index (χ4n) is 1.31. The number of nitrogens with two attached hydrogens (primary N) is 1. The van der Waals surface area contributed by atoms with E-state index in [9.17, 15) is 4.79 Å². The van der Waals surface area contributed by atoms with Crippen LogP contribution in [0, 0.1) is 6.92 Å². The summed E-state index contributed by atoms with van der Waals surface area (Å²) in [6, 6.07) is 0. The summed E-state index contributed by atoms with van der Waals surface area (Å²) in [5, 5.41) is 0. The van der Waals surface area contributed by atoms with E-state index in [1.54, 1.807) is 32.2 Å². The van der Waals surface area contributed by atoms with Gasteiger partial charge < -0.3 is 9.80 Å². The average molecular weight is 238 g/mol. The van der Waals surface area contributed by atoms with Gasteiger partial charge in [-0.3, -0.25) is 10.2 Å². The SMILES string of the molecule is Cc1cnc(NN)nc1N(C)CC(=O)N(C)C. The zero-order chi connectivity index (χ0) is 13.0. The fraction of sp³-hybridized carbons (Fsp3) is 0.500. The first-order valence-electron chi connectivity index (χ1n) is 5.17. The maximum absolute atomic E-state index is 11.6. The molecule has 0 aliphatic heterocycles. The number of hydrogen-bond donors (Lipinski definition) is 2. The third kappa shape index (κ3) is 3.28. The minimum absolute atomic E-state index is 0.00719. The Morgan fingerprint density at radius 3 is 2.65 bits per heavy atom. The van der Waals surface area contributed by atoms with Crippen LogP contribution >= 0.6 is 0 Å². The summed E-state index contributed by atoms with van der Waals surface area (Å²) in [5.41, 5.74) is 3.27. The number of anilines is 2. The molecular weight excluding hydrogens is 220 g/mol. The van der Waals surface area contributed by atoms with Gasteiger partial charge in [0.15, 0.2) is 0 Å². The van der Waals surface area contributed by atoms with Crippen LogP contribution in [0.15, 0.2) is 6.20 Å². The molecule has 1 heterocycles. The summed E-state index contributed by atoms with van der Waals surface area (Å²) in [7, 11) is 5.24. The molecule has 3 N–H and O–H groups in total. The van der Waals surface area contributed by atoms with Gasteiger partial charge in [0.1, 0.15) is 5.82 Å². The van der Waals surface area contributed by atoms with E-state index in [0.717, 1.165) is 5.56 Å². The Balaban J connectivity index is 2.87. The van der Waals surface area contributed by atoms with E-state index in [0.29, 0.717) is 11.8 Å². The highest BCUT2D eigenvalue weighted by atomic mass is 16.2. The van der Waals surface area contributed by atoms with Crippen molar-refractivity contribution in [3.63, 3.8) is 0 Å². The van der Waals surface area contributed by atoms with E-state index in [-0.39, 0.29) is 12.5 Å². The fourth-order valence-corrected chi connectivity index (χ4v) is 1.31. The Morgan fingerprint density at radius 1 is 1.47 bits per heavy atom. The lowest BCUT2D eigenvalue weighted by Gasteiger charge is -2.21. The molecule has 0 aliphatic carbocycles. The molecule has 1 aromatic rings. The van der Waals surface area contributed by atoms with Crippen LogP contribution in [0.2, 0.25) is 0 Å². The highest BCUT2D eigenvalue weighted by Crippen LogP contribution is 2.15. The van der Waals surface area contributed by atoms with Gasteiger partial charge in [0.2, 0.25) is 11.9 Å². The molecule has 0 saturated carbocycles. The first kappa shape index (κ1) is 13.2. The zero-order valence-corrected chi connectivity index (χ0v) is 10.6. The van der Waals surface area contributed by atoms with Gasteiger partial charge in [-0.2, -0.15) is 4.98 Å². The molecule has 17 heavy (non-hydrogen) atoms. The predicted octanol–water partition coefficient (Wildman–Crippen LogP) is -0.405. The molecule has 0 unspecified atom stereocenters. The lowest BCUT2D eigenvalue weighted by molar-refractivity contribution is -0.127. The third-order valence-electron chi connectivity index (χ3n) is 2.31. The van der Waals surface area contributed by atoms with Gasteiger partial charge in [-0.25, -0.2) is 10.8 Å². The predicted molar refractivity (Wildman–Crippen MR) is 66.5 cm³/mol. The van der Waals surface area contributed by atoms with Gasteiger partial charge in [0.05, 0.1) is 6.54 Å². The number of hydrazine groups is 1. The monoisotopic (exact) mass is 238 g/mol. The van der Waals surface area contributed by atoms with Crippen LogP contribution in [0.25, 0.3) is 0 Å². The number of rotatable bonds is 4. The van der Waals surface area contributed by atoms with Crippen LogP contribution in [0.3, 0.4) is 0 Å². The maximum Gasteiger partial charge on any atom is 0.241 e. The van der Waals surface area contributed by atoms with Gasteiger partial charge in [0, 0.05) is 32.9 Å². The minimum Gasteiger partial charge on any atom is -0.350 e. The summed E-state index contributed by atoms with van der Waals surface area (Å²) in [5.74, 6) is 6.27. The van der Waals surface area contributed by atoms with E-state index in [2.05, 4.69) is 15.4 Å².